The molecule has 1 atom stereocenters. The monoisotopic (exact) mass is 422 g/mol. The zero-order valence-corrected chi connectivity index (χ0v) is 18.4. The highest BCUT2D eigenvalue weighted by atomic mass is 32.2. The minimum absolute atomic E-state index is 0.136. The number of amides is 1. The minimum Gasteiger partial charge on any atom is -0.346 e. The second-order valence-electron chi connectivity index (χ2n) is 7.38. The van der Waals surface area contributed by atoms with Crippen molar-refractivity contribution in [3.8, 4) is 0 Å². The summed E-state index contributed by atoms with van der Waals surface area (Å²) in [7, 11) is -2.16. The van der Waals surface area contributed by atoms with Crippen molar-refractivity contribution in [2.45, 2.75) is 31.7 Å². The van der Waals surface area contributed by atoms with Gasteiger partial charge in [-0.05, 0) is 68.3 Å². The van der Waals surface area contributed by atoms with E-state index >= 15 is 0 Å². The van der Waals surface area contributed by atoms with E-state index in [2.05, 4.69) is 5.32 Å². The van der Waals surface area contributed by atoms with Crippen molar-refractivity contribution in [1.82, 2.24) is 5.32 Å². The van der Waals surface area contributed by atoms with Gasteiger partial charge in [0.15, 0.2) is 0 Å². The number of anilines is 1. The van der Waals surface area contributed by atoms with Crippen LogP contribution in [0.3, 0.4) is 0 Å². The normalized spacial score (nSPS) is 12.3. The first-order chi connectivity index (χ1) is 14.2. The van der Waals surface area contributed by atoms with Gasteiger partial charge in [0.05, 0.1) is 16.6 Å². The Hall–Kier alpha value is -3.12. The van der Waals surface area contributed by atoms with Gasteiger partial charge in [0.25, 0.3) is 15.9 Å². The zero-order chi connectivity index (χ0) is 21.9. The molecule has 156 valence electrons. The van der Waals surface area contributed by atoms with Gasteiger partial charge in [-0.15, -0.1) is 0 Å². The molecule has 0 aliphatic heterocycles. The van der Waals surface area contributed by atoms with Crippen molar-refractivity contribution >= 4 is 21.6 Å². The van der Waals surface area contributed by atoms with Crippen LogP contribution in [-0.4, -0.2) is 21.4 Å². The van der Waals surface area contributed by atoms with Crippen LogP contribution >= 0.6 is 0 Å². The van der Waals surface area contributed by atoms with Gasteiger partial charge in [-0.2, -0.15) is 0 Å². The molecule has 0 saturated carbocycles. The van der Waals surface area contributed by atoms with Gasteiger partial charge in [0.1, 0.15) is 0 Å². The molecule has 5 nitrogen and oxygen atoms in total. The number of sulfonamides is 1. The largest absolute Gasteiger partial charge is 0.346 e. The fraction of sp³-hybridized carbons (Fsp3) is 0.208. The molecule has 0 fully saturated rings. The van der Waals surface area contributed by atoms with E-state index in [1.807, 2.05) is 45.0 Å². The smallest absolute Gasteiger partial charge is 0.264 e. The highest BCUT2D eigenvalue weighted by Crippen LogP contribution is 2.23. The van der Waals surface area contributed by atoms with Gasteiger partial charge >= 0.3 is 0 Å². The number of aryl methyl sites for hydroxylation is 2. The summed E-state index contributed by atoms with van der Waals surface area (Å²) < 4.78 is 26.9. The molecule has 3 aromatic rings. The second kappa shape index (κ2) is 8.71. The quantitative estimate of drug-likeness (QED) is 0.630. The van der Waals surface area contributed by atoms with E-state index in [-0.39, 0.29) is 16.8 Å². The highest BCUT2D eigenvalue weighted by molar-refractivity contribution is 7.92. The molecule has 1 amide bonds. The summed E-state index contributed by atoms with van der Waals surface area (Å²) in [6, 6.07) is 21.1. The maximum absolute atomic E-state index is 12.8. The molecule has 0 aliphatic carbocycles. The summed E-state index contributed by atoms with van der Waals surface area (Å²) >= 11 is 0. The van der Waals surface area contributed by atoms with E-state index in [1.165, 1.54) is 11.4 Å². The van der Waals surface area contributed by atoms with Gasteiger partial charge < -0.3 is 5.32 Å². The summed E-state index contributed by atoms with van der Waals surface area (Å²) in [5.74, 6) is -0.207. The predicted molar refractivity (Wildman–Crippen MR) is 120 cm³/mol. The number of carbonyl (C=O) groups excluding carboxylic acids is 1. The third kappa shape index (κ3) is 4.54. The van der Waals surface area contributed by atoms with Gasteiger partial charge in [0, 0.05) is 12.6 Å². The van der Waals surface area contributed by atoms with Crippen molar-refractivity contribution < 1.29 is 13.2 Å². The van der Waals surface area contributed by atoms with Gasteiger partial charge in [-0.3, -0.25) is 9.10 Å². The molecule has 1 unspecified atom stereocenters. The van der Waals surface area contributed by atoms with E-state index < -0.39 is 10.0 Å². The number of hydrogen-bond acceptors (Lipinski definition) is 3. The Morgan fingerprint density at radius 3 is 2.10 bits per heavy atom. The fourth-order valence-electron chi connectivity index (χ4n) is 3.26. The van der Waals surface area contributed by atoms with Crippen molar-refractivity contribution in [2.75, 3.05) is 11.4 Å². The average molecular weight is 423 g/mol. The number of nitrogens with one attached hydrogen (secondary N) is 1. The maximum atomic E-state index is 12.8. The molecule has 6 heteroatoms. The number of rotatable bonds is 6. The standard InChI is InChI=1S/C24H26N2O3S/c1-17-9-15-22(16-10-17)30(28,29)26(4)21-13-11-20(12-14-21)24(27)25-19(3)23-8-6-5-7-18(23)2/h5-16,19H,1-4H3,(H,25,27). The van der Waals surface area contributed by atoms with Crippen LogP contribution in [0, 0.1) is 13.8 Å². The lowest BCUT2D eigenvalue weighted by atomic mass is 10.0. The molecule has 0 bridgehead atoms. The summed E-state index contributed by atoms with van der Waals surface area (Å²) in [5, 5.41) is 2.99. The zero-order valence-electron chi connectivity index (χ0n) is 17.6. The van der Waals surface area contributed by atoms with Crippen molar-refractivity contribution in [3.63, 3.8) is 0 Å². The molecule has 0 aliphatic rings. The molecular formula is C24H26N2O3S. The second-order valence-corrected chi connectivity index (χ2v) is 9.35. The van der Waals surface area contributed by atoms with Gasteiger partial charge in [-0.1, -0.05) is 42.0 Å². The molecule has 0 saturated heterocycles. The minimum atomic E-state index is -3.67. The molecule has 0 radical (unpaired) electrons. The van der Waals surface area contributed by atoms with Crippen LogP contribution in [0.2, 0.25) is 0 Å². The van der Waals surface area contributed by atoms with Crippen LogP contribution in [0.1, 0.15) is 40.0 Å². The fourth-order valence-corrected chi connectivity index (χ4v) is 4.46. The van der Waals surface area contributed by atoms with E-state index in [0.29, 0.717) is 11.3 Å². The average Bonchev–Trinajstić information content (AvgIpc) is 2.73. The lowest BCUT2D eigenvalue weighted by molar-refractivity contribution is 0.0940. The number of nitrogens with zero attached hydrogens (tertiary/aromatic N) is 1. The van der Waals surface area contributed by atoms with E-state index in [1.54, 1.807) is 48.5 Å². The molecule has 0 aromatic heterocycles. The Morgan fingerprint density at radius 2 is 1.50 bits per heavy atom. The van der Waals surface area contributed by atoms with Crippen molar-refractivity contribution in [1.29, 1.82) is 0 Å². The van der Waals surface area contributed by atoms with Crippen molar-refractivity contribution in [3.05, 3.63) is 95.1 Å². The Labute approximate surface area is 178 Å². The molecule has 3 rings (SSSR count). The number of hydrogen-bond donors (Lipinski definition) is 1. The third-order valence-electron chi connectivity index (χ3n) is 5.18. The van der Waals surface area contributed by atoms with Crippen LogP contribution in [-0.2, 0) is 10.0 Å². The SMILES string of the molecule is Cc1ccc(S(=O)(=O)N(C)c2ccc(C(=O)NC(C)c3ccccc3C)cc2)cc1. The Morgan fingerprint density at radius 1 is 0.900 bits per heavy atom. The predicted octanol–water partition coefficient (Wildman–Crippen LogP) is 4.62. The van der Waals surface area contributed by atoms with Crippen LogP contribution in [0.4, 0.5) is 5.69 Å². The summed E-state index contributed by atoms with van der Waals surface area (Å²) in [4.78, 5) is 12.9. The van der Waals surface area contributed by atoms with Crippen LogP contribution in [0.5, 0.6) is 0 Å². The summed E-state index contributed by atoms with van der Waals surface area (Å²) in [6.45, 7) is 5.86. The lowest BCUT2D eigenvalue weighted by Crippen LogP contribution is -2.28. The van der Waals surface area contributed by atoms with Gasteiger partial charge in [-0.25, -0.2) is 8.42 Å². The molecule has 0 heterocycles. The number of benzene rings is 3. The highest BCUT2D eigenvalue weighted by Gasteiger charge is 2.21. The van der Waals surface area contributed by atoms with Crippen molar-refractivity contribution in [2.24, 2.45) is 0 Å². The topological polar surface area (TPSA) is 66.5 Å². The van der Waals surface area contributed by atoms with Gasteiger partial charge in [0.2, 0.25) is 0 Å². The van der Waals surface area contributed by atoms with E-state index in [0.717, 1.165) is 16.7 Å². The molecule has 3 aromatic carbocycles. The Bertz CT molecular complexity index is 1140. The summed E-state index contributed by atoms with van der Waals surface area (Å²) in [6.07, 6.45) is 0. The van der Waals surface area contributed by atoms with Crippen LogP contribution < -0.4 is 9.62 Å². The van der Waals surface area contributed by atoms with E-state index in [4.69, 9.17) is 0 Å². The molecule has 1 N–H and O–H groups in total. The Kier molecular flexibility index (Phi) is 6.27. The first kappa shape index (κ1) is 21.6. The molecule has 30 heavy (non-hydrogen) atoms. The molecule has 0 spiro atoms. The van der Waals surface area contributed by atoms with E-state index in [9.17, 15) is 13.2 Å². The van der Waals surface area contributed by atoms with Crippen LogP contribution in [0.15, 0.2) is 77.7 Å². The molecular weight excluding hydrogens is 396 g/mol. The maximum Gasteiger partial charge on any atom is 0.264 e. The van der Waals surface area contributed by atoms with Crippen LogP contribution in [0.25, 0.3) is 0 Å². The lowest BCUT2D eigenvalue weighted by Gasteiger charge is -2.20. The summed E-state index contributed by atoms with van der Waals surface area (Å²) in [5.41, 5.74) is 4.13. The first-order valence-electron chi connectivity index (χ1n) is 9.72. The third-order valence-corrected chi connectivity index (χ3v) is 6.97. The number of carbonyl (C=O) groups is 1. The first-order valence-corrected chi connectivity index (χ1v) is 11.2. The Balaban J connectivity index is 1.74.